The molecule has 0 bridgehead atoms. The Hall–Kier alpha value is -3.24. The van der Waals surface area contributed by atoms with Crippen LogP contribution in [-0.2, 0) is 0 Å². The van der Waals surface area contributed by atoms with Gasteiger partial charge >= 0.3 is 0 Å². The summed E-state index contributed by atoms with van der Waals surface area (Å²) in [4.78, 5) is 18.9. The third-order valence-electron chi connectivity index (χ3n) is 4.40. The van der Waals surface area contributed by atoms with Gasteiger partial charge in [-0.25, -0.2) is 4.98 Å². The summed E-state index contributed by atoms with van der Waals surface area (Å²) >= 11 is 1.55. The van der Waals surface area contributed by atoms with Gasteiger partial charge in [0.2, 0.25) is 5.43 Å². The van der Waals surface area contributed by atoms with Crippen molar-refractivity contribution in [3.8, 4) is 21.9 Å². The minimum atomic E-state index is -0.0574. The van der Waals surface area contributed by atoms with Crippen molar-refractivity contribution < 1.29 is 4.42 Å². The van der Waals surface area contributed by atoms with Gasteiger partial charge in [0.1, 0.15) is 5.58 Å². The highest BCUT2D eigenvalue weighted by Gasteiger charge is 2.19. The molecule has 0 atom stereocenters. The zero-order chi connectivity index (χ0) is 17.5. The van der Waals surface area contributed by atoms with Gasteiger partial charge in [0.25, 0.3) is 0 Å². The summed E-state index contributed by atoms with van der Waals surface area (Å²) in [5.74, 6) is 0.575. The monoisotopic (exact) mass is 355 g/mol. The van der Waals surface area contributed by atoms with Crippen LogP contribution in [-0.4, -0.2) is 4.98 Å². The molecule has 0 spiro atoms. The zero-order valence-corrected chi connectivity index (χ0v) is 14.5. The quantitative estimate of drug-likeness (QED) is 0.406. The summed E-state index contributed by atoms with van der Waals surface area (Å²) in [6.07, 6.45) is 0. The highest BCUT2D eigenvalue weighted by Crippen LogP contribution is 2.34. The van der Waals surface area contributed by atoms with E-state index in [4.69, 9.17) is 9.40 Å². The molecule has 4 heteroatoms. The Morgan fingerprint density at radius 1 is 0.846 bits per heavy atom. The lowest BCUT2D eigenvalue weighted by molar-refractivity contribution is 0.622. The zero-order valence-electron chi connectivity index (χ0n) is 13.7. The Bertz CT molecular complexity index is 1300. The first-order valence-electron chi connectivity index (χ1n) is 8.27. The van der Waals surface area contributed by atoms with Gasteiger partial charge in [0, 0.05) is 5.39 Å². The van der Waals surface area contributed by atoms with Crippen LogP contribution in [0.15, 0.2) is 87.4 Å². The maximum Gasteiger partial charge on any atom is 0.202 e. The molecule has 3 nitrogen and oxygen atoms in total. The third-order valence-corrected chi connectivity index (χ3v) is 5.27. The van der Waals surface area contributed by atoms with Crippen molar-refractivity contribution >= 4 is 33.2 Å². The first-order chi connectivity index (χ1) is 12.8. The summed E-state index contributed by atoms with van der Waals surface area (Å²) < 4.78 is 6.16. The SMILES string of the molecule is O=c1c(-c2ccc3ccccc3n2)c(-c2cccs2)oc2ccccc12. The van der Waals surface area contributed by atoms with Crippen LogP contribution in [0.5, 0.6) is 0 Å². The number of para-hydroxylation sites is 2. The van der Waals surface area contributed by atoms with E-state index in [1.165, 1.54) is 0 Å². The van der Waals surface area contributed by atoms with Gasteiger partial charge in [0.15, 0.2) is 5.76 Å². The number of hydrogen-bond donors (Lipinski definition) is 0. The molecule has 0 aliphatic heterocycles. The van der Waals surface area contributed by atoms with E-state index in [-0.39, 0.29) is 5.43 Å². The van der Waals surface area contributed by atoms with Crippen LogP contribution in [0.25, 0.3) is 43.8 Å². The topological polar surface area (TPSA) is 43.1 Å². The van der Waals surface area contributed by atoms with Crippen molar-refractivity contribution in [3.05, 3.63) is 88.4 Å². The highest BCUT2D eigenvalue weighted by atomic mass is 32.1. The van der Waals surface area contributed by atoms with E-state index in [1.54, 1.807) is 17.4 Å². The molecule has 0 aliphatic carbocycles. The maximum absolute atomic E-state index is 13.3. The first-order valence-corrected chi connectivity index (χ1v) is 9.15. The molecule has 0 unspecified atom stereocenters. The number of rotatable bonds is 2. The lowest BCUT2D eigenvalue weighted by Crippen LogP contribution is -2.08. The largest absolute Gasteiger partial charge is 0.454 e. The lowest BCUT2D eigenvalue weighted by Gasteiger charge is -2.09. The average Bonchev–Trinajstić information content (AvgIpc) is 3.22. The number of nitrogens with zero attached hydrogens (tertiary/aromatic N) is 1. The van der Waals surface area contributed by atoms with Crippen molar-refractivity contribution in [3.63, 3.8) is 0 Å². The Kier molecular flexibility index (Phi) is 3.43. The van der Waals surface area contributed by atoms with Crippen molar-refractivity contribution in [2.45, 2.75) is 0 Å². The molecule has 2 aromatic carbocycles. The molecule has 0 fully saturated rings. The average molecular weight is 355 g/mol. The van der Waals surface area contributed by atoms with E-state index < -0.39 is 0 Å². The van der Waals surface area contributed by atoms with Crippen molar-refractivity contribution in [1.29, 1.82) is 0 Å². The molecule has 124 valence electrons. The van der Waals surface area contributed by atoms with E-state index in [1.807, 2.05) is 72.1 Å². The van der Waals surface area contributed by atoms with E-state index >= 15 is 0 Å². The molecule has 0 radical (unpaired) electrons. The summed E-state index contributed by atoms with van der Waals surface area (Å²) in [6, 6.07) is 23.0. The molecule has 5 rings (SSSR count). The van der Waals surface area contributed by atoms with Gasteiger partial charge in [-0.05, 0) is 35.7 Å². The summed E-state index contributed by atoms with van der Waals surface area (Å²) in [5, 5.41) is 3.58. The second-order valence-corrected chi connectivity index (χ2v) is 6.95. The summed E-state index contributed by atoms with van der Waals surface area (Å²) in [7, 11) is 0. The number of benzene rings is 2. The maximum atomic E-state index is 13.3. The smallest absolute Gasteiger partial charge is 0.202 e. The minimum absolute atomic E-state index is 0.0574. The number of thiophene rings is 1. The van der Waals surface area contributed by atoms with Crippen molar-refractivity contribution in [1.82, 2.24) is 4.98 Å². The summed E-state index contributed by atoms with van der Waals surface area (Å²) in [6.45, 7) is 0. The van der Waals surface area contributed by atoms with Gasteiger partial charge in [-0.15, -0.1) is 11.3 Å². The third kappa shape index (κ3) is 2.35. The van der Waals surface area contributed by atoms with Crippen LogP contribution in [0, 0.1) is 0 Å². The van der Waals surface area contributed by atoms with Crippen LogP contribution < -0.4 is 5.43 Å². The van der Waals surface area contributed by atoms with Gasteiger partial charge in [-0.1, -0.05) is 42.5 Å². The molecular weight excluding hydrogens is 342 g/mol. The predicted molar refractivity (Wildman–Crippen MR) is 107 cm³/mol. The molecule has 0 saturated carbocycles. The Morgan fingerprint density at radius 2 is 1.69 bits per heavy atom. The predicted octanol–water partition coefficient (Wildman–Crippen LogP) is 5.74. The molecule has 3 aromatic heterocycles. The van der Waals surface area contributed by atoms with Crippen molar-refractivity contribution in [2.75, 3.05) is 0 Å². The van der Waals surface area contributed by atoms with E-state index in [0.29, 0.717) is 28.0 Å². The second-order valence-electron chi connectivity index (χ2n) is 6.00. The highest BCUT2D eigenvalue weighted by molar-refractivity contribution is 7.13. The number of fused-ring (bicyclic) bond motifs is 2. The molecule has 0 aliphatic rings. The lowest BCUT2D eigenvalue weighted by atomic mass is 10.0. The fourth-order valence-corrected chi connectivity index (χ4v) is 3.87. The van der Waals surface area contributed by atoms with Gasteiger partial charge < -0.3 is 4.42 Å². The molecular formula is C22H13NO2S. The van der Waals surface area contributed by atoms with E-state index in [2.05, 4.69) is 0 Å². The fourth-order valence-electron chi connectivity index (χ4n) is 3.16. The van der Waals surface area contributed by atoms with Gasteiger partial charge in [-0.2, -0.15) is 0 Å². The van der Waals surface area contributed by atoms with E-state index in [0.717, 1.165) is 15.8 Å². The Labute approximate surface area is 153 Å². The molecule has 5 aromatic rings. The molecule has 0 amide bonds. The van der Waals surface area contributed by atoms with Gasteiger partial charge in [0.05, 0.1) is 27.0 Å². The Balaban J connectivity index is 1.89. The number of hydrogen-bond acceptors (Lipinski definition) is 4. The molecule has 3 heterocycles. The molecule has 0 N–H and O–H groups in total. The van der Waals surface area contributed by atoms with Gasteiger partial charge in [-0.3, -0.25) is 4.79 Å². The van der Waals surface area contributed by atoms with Crippen LogP contribution in [0.1, 0.15) is 0 Å². The Morgan fingerprint density at radius 3 is 2.58 bits per heavy atom. The fraction of sp³-hybridized carbons (Fsp3) is 0. The van der Waals surface area contributed by atoms with Crippen LogP contribution >= 0.6 is 11.3 Å². The normalized spacial score (nSPS) is 11.2. The first kappa shape index (κ1) is 15.0. The molecule has 0 saturated heterocycles. The second kappa shape index (κ2) is 5.93. The van der Waals surface area contributed by atoms with Crippen LogP contribution in [0.2, 0.25) is 0 Å². The van der Waals surface area contributed by atoms with Crippen molar-refractivity contribution in [2.24, 2.45) is 0 Å². The molecule has 26 heavy (non-hydrogen) atoms. The standard InChI is InChI=1S/C22H13NO2S/c24-21-15-7-2-4-9-18(15)25-22(19-10-5-13-26-19)20(21)17-12-11-14-6-1-3-8-16(14)23-17/h1-13H. The number of aromatic nitrogens is 1. The number of pyridine rings is 1. The van der Waals surface area contributed by atoms with Crippen LogP contribution in [0.3, 0.4) is 0 Å². The minimum Gasteiger partial charge on any atom is -0.454 e. The van der Waals surface area contributed by atoms with Crippen LogP contribution in [0.4, 0.5) is 0 Å². The van der Waals surface area contributed by atoms with E-state index in [9.17, 15) is 4.79 Å². The summed E-state index contributed by atoms with van der Waals surface area (Å²) in [5.41, 5.74) is 2.53.